The summed E-state index contributed by atoms with van der Waals surface area (Å²) in [5.74, 6) is 0. The maximum Gasteiger partial charge on any atom is 0.466 e. The van der Waals surface area contributed by atoms with Crippen LogP contribution in [0.2, 0.25) is 0 Å². The lowest BCUT2D eigenvalue weighted by molar-refractivity contribution is 0.0370. The molecule has 0 aliphatic rings. The maximum atomic E-state index is 8.88. The van der Waals surface area contributed by atoms with E-state index in [-0.39, 0.29) is 19.8 Å². The van der Waals surface area contributed by atoms with Crippen LogP contribution in [0.25, 0.3) is 0 Å². The Morgan fingerprint density at radius 3 is 1.50 bits per heavy atom. The minimum atomic E-state index is -4.64. The van der Waals surface area contributed by atoms with E-state index in [9.17, 15) is 0 Å². The lowest BCUT2D eigenvalue weighted by Gasteiger charge is -2.00. The van der Waals surface area contributed by atoms with Crippen molar-refractivity contribution in [3.63, 3.8) is 0 Å². The molecule has 0 aliphatic heterocycles. The van der Waals surface area contributed by atoms with Crippen molar-refractivity contribution in [2.45, 2.75) is 6.92 Å². The number of ether oxygens (including phenoxy) is 2. The Balaban J connectivity index is -0.000000212. The molecule has 0 aromatic rings. The van der Waals surface area contributed by atoms with Crippen LogP contribution >= 0.6 is 7.82 Å². The number of phosphoric acid groups is 1. The molecule has 0 unspecified atom stereocenters. The summed E-state index contributed by atoms with van der Waals surface area (Å²) in [7, 11) is -4.64. The van der Waals surface area contributed by atoms with Crippen LogP contribution in [0.4, 0.5) is 0 Å². The van der Waals surface area contributed by atoms with Gasteiger partial charge in [0, 0.05) is 6.61 Å². The first kappa shape index (κ1) is 23.0. The first-order chi connectivity index (χ1) is 8.33. The molecule has 9 nitrogen and oxygen atoms in total. The van der Waals surface area contributed by atoms with Gasteiger partial charge in [-0.05, 0) is 6.92 Å². The van der Waals surface area contributed by atoms with E-state index < -0.39 is 7.82 Å². The van der Waals surface area contributed by atoms with E-state index >= 15 is 0 Å². The molecule has 0 rings (SSSR count). The molecule has 114 valence electrons. The molecule has 0 aliphatic carbocycles. The van der Waals surface area contributed by atoms with E-state index in [0.717, 1.165) is 6.61 Å². The summed E-state index contributed by atoms with van der Waals surface area (Å²) in [6.45, 7) is 4.11. The topological polar surface area (TPSA) is 157 Å². The second-order valence-electron chi connectivity index (χ2n) is 2.49. The van der Waals surface area contributed by atoms with Crippen molar-refractivity contribution in [3.05, 3.63) is 0 Å². The van der Waals surface area contributed by atoms with Gasteiger partial charge < -0.3 is 39.5 Å². The summed E-state index contributed by atoms with van der Waals surface area (Å²) in [4.78, 5) is 21.6. The molecule has 0 spiro atoms. The van der Waals surface area contributed by atoms with E-state index in [1.807, 2.05) is 6.92 Å². The molecule has 0 atom stereocenters. The molecule has 6 N–H and O–H groups in total. The molecule has 0 radical (unpaired) electrons. The van der Waals surface area contributed by atoms with Gasteiger partial charge >= 0.3 is 7.82 Å². The molecule has 18 heavy (non-hydrogen) atoms. The van der Waals surface area contributed by atoms with E-state index in [4.69, 9.17) is 44.0 Å². The van der Waals surface area contributed by atoms with Crippen molar-refractivity contribution < 1.29 is 44.0 Å². The molecular formula is C8H23O9P. The highest BCUT2D eigenvalue weighted by Gasteiger charge is 2.00. The highest BCUT2D eigenvalue weighted by Crippen LogP contribution is 2.25. The Hall–Kier alpha value is -0.0900. The Kier molecular flexibility index (Phi) is 24.6. The smallest absolute Gasteiger partial charge is 0.394 e. The van der Waals surface area contributed by atoms with Gasteiger partial charge in [-0.25, -0.2) is 4.57 Å². The largest absolute Gasteiger partial charge is 0.466 e. The molecule has 10 heteroatoms. The van der Waals surface area contributed by atoms with Crippen LogP contribution in [0.15, 0.2) is 0 Å². The minimum absolute atomic E-state index is 0.0894. The van der Waals surface area contributed by atoms with Crippen molar-refractivity contribution in [2.75, 3.05) is 46.2 Å². The Bertz CT molecular complexity index is 156. The van der Waals surface area contributed by atoms with Crippen molar-refractivity contribution in [3.8, 4) is 0 Å². The number of aliphatic hydroxyl groups is 3. The Morgan fingerprint density at radius 2 is 1.22 bits per heavy atom. The fourth-order valence-corrected chi connectivity index (χ4v) is 0.429. The molecule has 0 fully saturated rings. The van der Waals surface area contributed by atoms with Gasteiger partial charge in [0.05, 0.1) is 39.6 Å². The van der Waals surface area contributed by atoms with Gasteiger partial charge in [-0.1, -0.05) is 0 Å². The monoisotopic (exact) mass is 294 g/mol. The second kappa shape index (κ2) is 19.3. The minimum Gasteiger partial charge on any atom is -0.394 e. The molecular weight excluding hydrogens is 271 g/mol. The van der Waals surface area contributed by atoms with Crippen molar-refractivity contribution in [1.82, 2.24) is 0 Å². The van der Waals surface area contributed by atoms with Crippen LogP contribution < -0.4 is 0 Å². The van der Waals surface area contributed by atoms with Crippen molar-refractivity contribution >= 4 is 7.82 Å². The fraction of sp³-hybridized carbons (Fsp3) is 1.00. The van der Waals surface area contributed by atoms with E-state index in [2.05, 4.69) is 0 Å². The van der Waals surface area contributed by atoms with Crippen LogP contribution in [0.5, 0.6) is 0 Å². The molecule has 0 saturated heterocycles. The van der Waals surface area contributed by atoms with Crippen molar-refractivity contribution in [2.24, 2.45) is 0 Å². The average molecular weight is 294 g/mol. The van der Waals surface area contributed by atoms with Crippen LogP contribution in [0, 0.1) is 0 Å². The van der Waals surface area contributed by atoms with Crippen molar-refractivity contribution in [1.29, 1.82) is 0 Å². The lowest BCUT2D eigenvalue weighted by atomic mass is 10.7. The summed E-state index contributed by atoms with van der Waals surface area (Å²) in [5, 5.41) is 23.5. The fourth-order valence-electron chi connectivity index (χ4n) is 0.429. The van der Waals surface area contributed by atoms with Gasteiger partial charge in [0.1, 0.15) is 0 Å². The van der Waals surface area contributed by atoms with Crippen LogP contribution in [-0.2, 0) is 14.0 Å². The van der Waals surface area contributed by atoms with E-state index in [1.165, 1.54) is 0 Å². The Morgan fingerprint density at radius 1 is 0.833 bits per heavy atom. The van der Waals surface area contributed by atoms with Gasteiger partial charge in [0.15, 0.2) is 0 Å². The van der Waals surface area contributed by atoms with Gasteiger partial charge in [-0.15, -0.1) is 0 Å². The molecule has 0 aromatic heterocycles. The summed E-state index contributed by atoms with van der Waals surface area (Å²) in [5.41, 5.74) is 0. The summed E-state index contributed by atoms with van der Waals surface area (Å²) >= 11 is 0. The van der Waals surface area contributed by atoms with Gasteiger partial charge in [0.25, 0.3) is 0 Å². The van der Waals surface area contributed by atoms with Gasteiger partial charge in [-0.3, -0.25) is 0 Å². The number of aliphatic hydroxyl groups excluding tert-OH is 3. The Labute approximate surface area is 106 Å². The predicted molar refractivity (Wildman–Crippen MR) is 62.8 cm³/mol. The van der Waals surface area contributed by atoms with Crippen LogP contribution in [0.1, 0.15) is 6.92 Å². The maximum absolute atomic E-state index is 8.88. The second-order valence-corrected chi connectivity index (χ2v) is 3.52. The summed E-state index contributed by atoms with van der Waals surface area (Å²) in [6.07, 6.45) is 0. The third kappa shape index (κ3) is 74.1. The standard InChI is InChI=1S/C6H14O3.C2H6O2.H3O4P/c1-2-8-5-6-9-4-3-7;3-1-2-4;1-5(2,3)4/h7H,2-6H2,1H3;3-4H,1-2H2;(H3,1,2,3,4). The highest BCUT2D eigenvalue weighted by atomic mass is 31.2. The molecule has 0 bridgehead atoms. The predicted octanol–water partition coefficient (Wildman–Crippen LogP) is -1.93. The molecule has 0 heterocycles. The molecule has 0 amide bonds. The number of hydrogen-bond acceptors (Lipinski definition) is 6. The lowest BCUT2D eigenvalue weighted by Crippen LogP contribution is -2.06. The van der Waals surface area contributed by atoms with Gasteiger partial charge in [-0.2, -0.15) is 0 Å². The van der Waals surface area contributed by atoms with E-state index in [0.29, 0.717) is 19.8 Å². The van der Waals surface area contributed by atoms with Crippen LogP contribution in [-0.4, -0.2) is 76.2 Å². The number of rotatable bonds is 7. The van der Waals surface area contributed by atoms with Gasteiger partial charge in [0.2, 0.25) is 0 Å². The SMILES string of the molecule is CCOCCOCCO.O=P(O)(O)O.OCCO. The first-order valence-electron chi connectivity index (χ1n) is 5.09. The first-order valence-corrected chi connectivity index (χ1v) is 6.66. The quantitative estimate of drug-likeness (QED) is 0.232. The summed E-state index contributed by atoms with van der Waals surface area (Å²) in [6, 6.07) is 0. The third-order valence-electron chi connectivity index (χ3n) is 0.912. The summed E-state index contributed by atoms with van der Waals surface area (Å²) < 4.78 is 18.8. The average Bonchev–Trinajstić information content (AvgIpc) is 2.27. The number of hydrogen-bond donors (Lipinski definition) is 6. The van der Waals surface area contributed by atoms with E-state index in [1.54, 1.807) is 0 Å². The zero-order valence-corrected chi connectivity index (χ0v) is 11.2. The molecule has 0 saturated carbocycles. The third-order valence-corrected chi connectivity index (χ3v) is 0.912. The zero-order valence-electron chi connectivity index (χ0n) is 10.3. The zero-order chi connectivity index (χ0) is 14.9. The normalized spacial score (nSPS) is 9.94. The highest BCUT2D eigenvalue weighted by molar-refractivity contribution is 7.45. The van der Waals surface area contributed by atoms with Crippen LogP contribution in [0.3, 0.4) is 0 Å². The molecule has 0 aromatic carbocycles.